The lowest BCUT2D eigenvalue weighted by Gasteiger charge is -2.41. The van der Waals surface area contributed by atoms with E-state index < -0.39 is 0 Å². The van der Waals surface area contributed by atoms with Gasteiger partial charge in [0.05, 0.1) is 0 Å². The fourth-order valence-electron chi connectivity index (χ4n) is 3.34. The number of carbonyl (C=O) groups is 1. The molecule has 2 fully saturated rings. The minimum atomic E-state index is 0.110. The fraction of sp³-hybridized carbons (Fsp3) is 0.933. The number of piperidine rings is 1. The summed E-state index contributed by atoms with van der Waals surface area (Å²) in [7, 11) is 0. The predicted octanol–water partition coefficient (Wildman–Crippen LogP) is 2.41. The summed E-state index contributed by atoms with van der Waals surface area (Å²) in [5, 5.41) is 3.39. The SMILES string of the molecule is CC(C)(C)NCCC(=O)N1CC2CCCC(C2)C1. The maximum Gasteiger partial charge on any atom is 0.223 e. The highest BCUT2D eigenvalue weighted by Gasteiger charge is 2.32. The molecule has 0 aromatic rings. The van der Waals surface area contributed by atoms with Crippen LogP contribution >= 0.6 is 0 Å². The molecule has 1 aliphatic carbocycles. The van der Waals surface area contributed by atoms with Gasteiger partial charge in [-0.15, -0.1) is 0 Å². The molecule has 104 valence electrons. The van der Waals surface area contributed by atoms with E-state index in [2.05, 4.69) is 31.0 Å². The number of rotatable bonds is 3. The zero-order valence-electron chi connectivity index (χ0n) is 12.2. The van der Waals surface area contributed by atoms with Crippen molar-refractivity contribution in [1.82, 2.24) is 10.2 Å². The Bertz CT molecular complexity index is 283. The Hall–Kier alpha value is -0.570. The van der Waals surface area contributed by atoms with Crippen LogP contribution in [0, 0.1) is 11.8 Å². The number of hydrogen-bond donors (Lipinski definition) is 1. The topological polar surface area (TPSA) is 32.3 Å². The Kier molecular flexibility index (Phi) is 4.31. The lowest BCUT2D eigenvalue weighted by Crippen LogP contribution is -2.47. The van der Waals surface area contributed by atoms with Crippen molar-refractivity contribution >= 4 is 5.91 Å². The first-order valence-electron chi connectivity index (χ1n) is 7.47. The summed E-state index contributed by atoms with van der Waals surface area (Å²) in [6, 6.07) is 0. The van der Waals surface area contributed by atoms with Gasteiger partial charge in [0.2, 0.25) is 5.91 Å². The van der Waals surface area contributed by atoms with Crippen molar-refractivity contribution in [2.45, 2.75) is 58.4 Å². The largest absolute Gasteiger partial charge is 0.342 e. The number of carbonyl (C=O) groups excluding carboxylic acids is 1. The number of fused-ring (bicyclic) bond motifs is 2. The molecule has 0 aromatic heterocycles. The molecule has 0 aromatic carbocycles. The highest BCUT2D eigenvalue weighted by Crippen LogP contribution is 2.34. The van der Waals surface area contributed by atoms with E-state index in [-0.39, 0.29) is 5.54 Å². The normalized spacial score (nSPS) is 28.3. The van der Waals surface area contributed by atoms with E-state index >= 15 is 0 Å². The van der Waals surface area contributed by atoms with E-state index in [1.165, 1.54) is 25.7 Å². The van der Waals surface area contributed by atoms with Crippen molar-refractivity contribution in [3.63, 3.8) is 0 Å². The van der Waals surface area contributed by atoms with Crippen LogP contribution in [0.15, 0.2) is 0 Å². The van der Waals surface area contributed by atoms with E-state index in [9.17, 15) is 4.79 Å². The molecule has 1 saturated carbocycles. The van der Waals surface area contributed by atoms with Gasteiger partial charge in [0.15, 0.2) is 0 Å². The van der Waals surface area contributed by atoms with Gasteiger partial charge < -0.3 is 10.2 Å². The lowest BCUT2D eigenvalue weighted by atomic mass is 9.78. The van der Waals surface area contributed by atoms with E-state index in [0.717, 1.165) is 31.5 Å². The van der Waals surface area contributed by atoms with Crippen molar-refractivity contribution in [3.8, 4) is 0 Å². The Morgan fingerprint density at radius 1 is 1.22 bits per heavy atom. The smallest absolute Gasteiger partial charge is 0.223 e. The van der Waals surface area contributed by atoms with Crippen LogP contribution in [0.3, 0.4) is 0 Å². The van der Waals surface area contributed by atoms with E-state index in [0.29, 0.717) is 12.3 Å². The van der Waals surface area contributed by atoms with Crippen LogP contribution in [0.5, 0.6) is 0 Å². The van der Waals surface area contributed by atoms with Crippen LogP contribution in [-0.4, -0.2) is 36.0 Å². The molecule has 1 aliphatic heterocycles. The number of nitrogens with zero attached hydrogens (tertiary/aromatic N) is 1. The maximum atomic E-state index is 12.2. The van der Waals surface area contributed by atoms with Gasteiger partial charge in [0.25, 0.3) is 0 Å². The van der Waals surface area contributed by atoms with Gasteiger partial charge >= 0.3 is 0 Å². The number of amides is 1. The van der Waals surface area contributed by atoms with Gasteiger partial charge in [-0.3, -0.25) is 4.79 Å². The molecule has 18 heavy (non-hydrogen) atoms. The summed E-state index contributed by atoms with van der Waals surface area (Å²) < 4.78 is 0. The first-order chi connectivity index (χ1) is 8.44. The molecule has 1 saturated heterocycles. The van der Waals surface area contributed by atoms with Crippen molar-refractivity contribution in [3.05, 3.63) is 0 Å². The third-order valence-corrected chi connectivity index (χ3v) is 4.20. The van der Waals surface area contributed by atoms with Gasteiger partial charge in [-0.1, -0.05) is 6.42 Å². The van der Waals surface area contributed by atoms with Gasteiger partial charge in [-0.05, 0) is 51.9 Å². The van der Waals surface area contributed by atoms with Crippen LogP contribution in [0.25, 0.3) is 0 Å². The van der Waals surface area contributed by atoms with Gasteiger partial charge in [0.1, 0.15) is 0 Å². The van der Waals surface area contributed by atoms with E-state index in [4.69, 9.17) is 0 Å². The standard InChI is InChI=1S/C15H28N2O/c1-15(2,3)16-8-7-14(18)17-10-12-5-4-6-13(9-12)11-17/h12-13,16H,4-11H2,1-3H3. The zero-order chi connectivity index (χ0) is 13.2. The average molecular weight is 252 g/mol. The summed E-state index contributed by atoms with van der Waals surface area (Å²) in [6.07, 6.45) is 6.06. The number of likely N-dealkylation sites (tertiary alicyclic amines) is 1. The molecule has 1 heterocycles. The van der Waals surface area contributed by atoms with Crippen LogP contribution in [0.2, 0.25) is 0 Å². The van der Waals surface area contributed by atoms with Gasteiger partial charge in [-0.25, -0.2) is 0 Å². The Morgan fingerprint density at radius 3 is 2.39 bits per heavy atom. The minimum absolute atomic E-state index is 0.110. The summed E-state index contributed by atoms with van der Waals surface area (Å²) in [5.41, 5.74) is 0.110. The Morgan fingerprint density at radius 2 is 1.83 bits per heavy atom. The monoisotopic (exact) mass is 252 g/mol. The van der Waals surface area contributed by atoms with Crippen molar-refractivity contribution in [1.29, 1.82) is 0 Å². The molecule has 1 N–H and O–H groups in total. The second-order valence-corrected chi connectivity index (χ2v) is 7.12. The van der Waals surface area contributed by atoms with E-state index in [1.807, 2.05) is 0 Å². The van der Waals surface area contributed by atoms with Crippen LogP contribution in [0.4, 0.5) is 0 Å². The highest BCUT2D eigenvalue weighted by atomic mass is 16.2. The lowest BCUT2D eigenvalue weighted by molar-refractivity contribution is -0.134. The number of nitrogens with one attached hydrogen (secondary N) is 1. The first kappa shape index (κ1) is 13.9. The number of hydrogen-bond acceptors (Lipinski definition) is 2. The molecule has 1 amide bonds. The molecule has 2 rings (SSSR count). The molecule has 2 unspecified atom stereocenters. The highest BCUT2D eigenvalue weighted by molar-refractivity contribution is 5.76. The molecule has 3 heteroatoms. The molecule has 2 aliphatic rings. The molecule has 0 spiro atoms. The summed E-state index contributed by atoms with van der Waals surface area (Å²) in [5.74, 6) is 1.93. The second kappa shape index (κ2) is 5.60. The molecule has 2 bridgehead atoms. The first-order valence-corrected chi connectivity index (χ1v) is 7.47. The zero-order valence-corrected chi connectivity index (χ0v) is 12.2. The van der Waals surface area contributed by atoms with Gasteiger partial charge in [-0.2, -0.15) is 0 Å². The molecular weight excluding hydrogens is 224 g/mol. The Balaban J connectivity index is 1.75. The average Bonchev–Trinajstić information content (AvgIpc) is 2.26. The Labute approximate surface area is 111 Å². The van der Waals surface area contributed by atoms with Crippen molar-refractivity contribution in [2.75, 3.05) is 19.6 Å². The van der Waals surface area contributed by atoms with Crippen molar-refractivity contribution < 1.29 is 4.79 Å². The summed E-state index contributed by atoms with van der Waals surface area (Å²) >= 11 is 0. The summed E-state index contributed by atoms with van der Waals surface area (Å²) in [6.45, 7) is 9.26. The second-order valence-electron chi connectivity index (χ2n) is 7.12. The molecular formula is C15H28N2O. The van der Waals surface area contributed by atoms with Crippen molar-refractivity contribution in [2.24, 2.45) is 11.8 Å². The van der Waals surface area contributed by atoms with Crippen LogP contribution in [-0.2, 0) is 4.79 Å². The summed E-state index contributed by atoms with van der Waals surface area (Å²) in [4.78, 5) is 14.3. The molecule has 2 atom stereocenters. The van der Waals surface area contributed by atoms with Crippen LogP contribution < -0.4 is 5.32 Å². The van der Waals surface area contributed by atoms with E-state index in [1.54, 1.807) is 0 Å². The fourth-order valence-corrected chi connectivity index (χ4v) is 3.34. The third kappa shape index (κ3) is 3.98. The maximum absolute atomic E-state index is 12.2. The van der Waals surface area contributed by atoms with Gasteiger partial charge in [0, 0.05) is 31.6 Å². The molecule has 0 radical (unpaired) electrons. The third-order valence-electron chi connectivity index (χ3n) is 4.20. The van der Waals surface area contributed by atoms with Crippen LogP contribution in [0.1, 0.15) is 52.9 Å². The quantitative estimate of drug-likeness (QED) is 0.836. The molecule has 3 nitrogen and oxygen atoms in total. The predicted molar refractivity (Wildman–Crippen MR) is 74.4 cm³/mol. The minimum Gasteiger partial charge on any atom is -0.342 e.